The molecular weight excluding hydrogens is 204 g/mol. The molecule has 1 rings (SSSR count). The summed E-state index contributed by atoms with van der Waals surface area (Å²) >= 11 is 0. The molecule has 16 heavy (non-hydrogen) atoms. The summed E-state index contributed by atoms with van der Waals surface area (Å²) in [7, 11) is 0. The number of nitrogens with zero attached hydrogens (tertiary/aromatic N) is 1. The van der Waals surface area contributed by atoms with Crippen LogP contribution >= 0.6 is 0 Å². The highest BCUT2D eigenvalue weighted by molar-refractivity contribution is 5.89. The molecule has 1 saturated heterocycles. The summed E-state index contributed by atoms with van der Waals surface area (Å²) in [5, 5.41) is 2.69. The van der Waals surface area contributed by atoms with Crippen LogP contribution in [-0.2, 0) is 9.59 Å². The molecule has 0 aromatic rings. The average Bonchev–Trinajstić information content (AvgIpc) is 2.25. The van der Waals surface area contributed by atoms with Gasteiger partial charge in [-0.05, 0) is 18.8 Å². The normalized spacial score (nSPS) is 23.0. The zero-order chi connectivity index (χ0) is 12.3. The summed E-state index contributed by atoms with van der Waals surface area (Å²) in [5.41, 5.74) is 0.216. The van der Waals surface area contributed by atoms with Crippen molar-refractivity contribution in [2.75, 3.05) is 13.1 Å². The second-order valence-corrected chi connectivity index (χ2v) is 5.68. The molecule has 0 bridgehead atoms. The highest BCUT2D eigenvalue weighted by Crippen LogP contribution is 2.19. The summed E-state index contributed by atoms with van der Waals surface area (Å²) in [4.78, 5) is 25.0. The van der Waals surface area contributed by atoms with E-state index < -0.39 is 0 Å². The lowest BCUT2D eigenvalue weighted by Gasteiger charge is -2.26. The molecule has 1 N–H and O–H groups in total. The number of nitrogens with one attached hydrogen (secondary N) is 1. The third-order valence-electron chi connectivity index (χ3n) is 2.80. The van der Waals surface area contributed by atoms with Crippen molar-refractivity contribution in [1.82, 2.24) is 10.2 Å². The van der Waals surface area contributed by atoms with E-state index in [1.54, 1.807) is 11.8 Å². The van der Waals surface area contributed by atoms with Gasteiger partial charge in [-0.15, -0.1) is 0 Å². The minimum atomic E-state index is -0.380. The first-order valence-electron chi connectivity index (χ1n) is 5.88. The summed E-state index contributed by atoms with van der Waals surface area (Å²) in [6.45, 7) is 9.49. The SMILES string of the molecule is CC1NC(=O)CCN(CCC(C)(C)C)C1=O. The van der Waals surface area contributed by atoms with Crippen LogP contribution in [-0.4, -0.2) is 35.8 Å². The van der Waals surface area contributed by atoms with Crippen LogP contribution in [0.3, 0.4) is 0 Å². The van der Waals surface area contributed by atoms with E-state index >= 15 is 0 Å². The van der Waals surface area contributed by atoms with Crippen LogP contribution in [0.5, 0.6) is 0 Å². The number of hydrogen-bond acceptors (Lipinski definition) is 2. The predicted molar refractivity (Wildman–Crippen MR) is 62.9 cm³/mol. The average molecular weight is 226 g/mol. The first-order valence-corrected chi connectivity index (χ1v) is 5.88. The molecular formula is C12H22N2O2. The standard InChI is InChI=1S/C12H22N2O2/c1-9-11(16)14(7-5-10(15)13-9)8-6-12(2,3)4/h9H,5-8H2,1-4H3,(H,13,15). The molecule has 1 fully saturated rings. The topological polar surface area (TPSA) is 49.4 Å². The molecule has 1 aliphatic rings. The van der Waals surface area contributed by atoms with Gasteiger partial charge in [-0.1, -0.05) is 20.8 Å². The smallest absolute Gasteiger partial charge is 0.244 e. The Bertz CT molecular complexity index is 281. The lowest BCUT2D eigenvalue weighted by atomic mass is 9.92. The van der Waals surface area contributed by atoms with E-state index in [1.807, 2.05) is 0 Å². The van der Waals surface area contributed by atoms with Gasteiger partial charge in [0, 0.05) is 19.5 Å². The van der Waals surface area contributed by atoms with Crippen LogP contribution in [0.2, 0.25) is 0 Å². The van der Waals surface area contributed by atoms with Crippen molar-refractivity contribution in [3.8, 4) is 0 Å². The van der Waals surface area contributed by atoms with Crippen LogP contribution < -0.4 is 5.32 Å². The van der Waals surface area contributed by atoms with Gasteiger partial charge in [0.2, 0.25) is 11.8 Å². The Morgan fingerprint density at radius 2 is 2.00 bits per heavy atom. The molecule has 1 atom stereocenters. The molecule has 0 spiro atoms. The fourth-order valence-electron chi connectivity index (χ4n) is 1.69. The van der Waals surface area contributed by atoms with Crippen LogP contribution in [0.15, 0.2) is 0 Å². The van der Waals surface area contributed by atoms with Gasteiger partial charge in [0.15, 0.2) is 0 Å². The van der Waals surface area contributed by atoms with Gasteiger partial charge in [-0.3, -0.25) is 9.59 Å². The van der Waals surface area contributed by atoms with Gasteiger partial charge >= 0.3 is 0 Å². The van der Waals surface area contributed by atoms with Crippen LogP contribution in [0.4, 0.5) is 0 Å². The van der Waals surface area contributed by atoms with Crippen molar-refractivity contribution in [2.45, 2.75) is 46.6 Å². The van der Waals surface area contributed by atoms with Crippen molar-refractivity contribution in [2.24, 2.45) is 5.41 Å². The van der Waals surface area contributed by atoms with Gasteiger partial charge in [0.05, 0.1) is 0 Å². The van der Waals surface area contributed by atoms with E-state index in [4.69, 9.17) is 0 Å². The second kappa shape index (κ2) is 4.85. The Kier molecular flexibility index (Phi) is 3.94. The summed E-state index contributed by atoms with van der Waals surface area (Å²) in [6, 6.07) is -0.380. The minimum absolute atomic E-state index is 0.0286. The second-order valence-electron chi connectivity index (χ2n) is 5.68. The lowest BCUT2D eigenvalue weighted by molar-refractivity contribution is -0.133. The molecule has 0 aromatic carbocycles. The fraction of sp³-hybridized carbons (Fsp3) is 0.833. The fourth-order valence-corrected chi connectivity index (χ4v) is 1.69. The molecule has 92 valence electrons. The third-order valence-corrected chi connectivity index (χ3v) is 2.80. The molecule has 0 radical (unpaired) electrons. The Balaban J connectivity index is 2.58. The quantitative estimate of drug-likeness (QED) is 0.768. The van der Waals surface area contributed by atoms with Crippen molar-refractivity contribution < 1.29 is 9.59 Å². The Morgan fingerprint density at radius 1 is 1.38 bits per heavy atom. The molecule has 2 amide bonds. The van der Waals surface area contributed by atoms with Crippen molar-refractivity contribution in [1.29, 1.82) is 0 Å². The van der Waals surface area contributed by atoms with E-state index in [-0.39, 0.29) is 23.3 Å². The molecule has 1 heterocycles. The minimum Gasteiger partial charge on any atom is -0.345 e. The van der Waals surface area contributed by atoms with E-state index in [9.17, 15) is 9.59 Å². The monoisotopic (exact) mass is 226 g/mol. The first-order chi connectivity index (χ1) is 7.29. The van der Waals surface area contributed by atoms with E-state index in [1.165, 1.54) is 0 Å². The van der Waals surface area contributed by atoms with Gasteiger partial charge in [0.25, 0.3) is 0 Å². The van der Waals surface area contributed by atoms with Crippen molar-refractivity contribution in [3.05, 3.63) is 0 Å². The van der Waals surface area contributed by atoms with Gasteiger partial charge in [0.1, 0.15) is 6.04 Å². The lowest BCUT2D eigenvalue weighted by Crippen LogP contribution is -2.43. The van der Waals surface area contributed by atoms with E-state index in [2.05, 4.69) is 26.1 Å². The van der Waals surface area contributed by atoms with E-state index in [0.717, 1.165) is 13.0 Å². The molecule has 0 aliphatic carbocycles. The molecule has 1 aliphatic heterocycles. The number of carbonyl (C=O) groups is 2. The van der Waals surface area contributed by atoms with Gasteiger partial charge < -0.3 is 10.2 Å². The third kappa shape index (κ3) is 3.83. The predicted octanol–water partition coefficient (Wildman–Crippen LogP) is 1.16. The Morgan fingerprint density at radius 3 is 2.56 bits per heavy atom. The largest absolute Gasteiger partial charge is 0.345 e. The summed E-state index contributed by atoms with van der Waals surface area (Å²) in [6.07, 6.45) is 1.37. The van der Waals surface area contributed by atoms with Gasteiger partial charge in [-0.25, -0.2) is 0 Å². The number of amides is 2. The molecule has 4 nitrogen and oxygen atoms in total. The van der Waals surface area contributed by atoms with E-state index in [0.29, 0.717) is 13.0 Å². The van der Waals surface area contributed by atoms with Crippen LogP contribution in [0.1, 0.15) is 40.5 Å². The molecule has 1 unspecified atom stereocenters. The molecule has 0 saturated carbocycles. The van der Waals surface area contributed by atoms with Gasteiger partial charge in [-0.2, -0.15) is 0 Å². The maximum absolute atomic E-state index is 11.9. The number of hydrogen-bond donors (Lipinski definition) is 1. The van der Waals surface area contributed by atoms with Crippen LogP contribution in [0.25, 0.3) is 0 Å². The number of carbonyl (C=O) groups excluding carboxylic acids is 2. The highest BCUT2D eigenvalue weighted by Gasteiger charge is 2.26. The summed E-state index contributed by atoms with van der Waals surface area (Å²) < 4.78 is 0. The maximum Gasteiger partial charge on any atom is 0.244 e. The summed E-state index contributed by atoms with van der Waals surface area (Å²) in [5.74, 6) is 0.00853. The van der Waals surface area contributed by atoms with Crippen LogP contribution in [0, 0.1) is 5.41 Å². The van der Waals surface area contributed by atoms with Crippen molar-refractivity contribution >= 4 is 11.8 Å². The zero-order valence-corrected chi connectivity index (χ0v) is 10.7. The number of rotatable bonds is 2. The molecule has 0 aromatic heterocycles. The maximum atomic E-state index is 11.9. The molecule has 4 heteroatoms. The highest BCUT2D eigenvalue weighted by atomic mass is 16.2. The Labute approximate surface area is 97.4 Å². The van der Waals surface area contributed by atoms with Crippen molar-refractivity contribution in [3.63, 3.8) is 0 Å². The Hall–Kier alpha value is -1.06. The zero-order valence-electron chi connectivity index (χ0n) is 10.7. The first kappa shape index (κ1) is 13.0.